The zero-order valence-corrected chi connectivity index (χ0v) is 25.3. The highest BCUT2D eigenvalue weighted by Gasteiger charge is 2.64. The van der Waals surface area contributed by atoms with Crippen molar-refractivity contribution in [1.82, 2.24) is 14.8 Å². The Bertz CT molecular complexity index is 1680. The third-order valence-electron chi connectivity index (χ3n) is 7.74. The number of likely N-dealkylation sites (N-methyl/N-ethyl adjacent to an activating group) is 1. The molecule has 1 fully saturated rings. The van der Waals surface area contributed by atoms with Crippen LogP contribution < -0.4 is 13.8 Å². The van der Waals surface area contributed by atoms with Gasteiger partial charge in [0.05, 0.1) is 37.7 Å². The summed E-state index contributed by atoms with van der Waals surface area (Å²) < 4.78 is 40.3. The Morgan fingerprint density at radius 3 is 2.52 bits per heavy atom. The maximum atomic E-state index is 15.1. The van der Waals surface area contributed by atoms with E-state index in [0.717, 1.165) is 4.31 Å². The molecule has 13 heteroatoms. The molecule has 2 aliphatic rings. The molecule has 0 bridgehead atoms. The van der Waals surface area contributed by atoms with Gasteiger partial charge in [-0.2, -0.15) is 0 Å². The first kappa shape index (κ1) is 29.8. The second-order valence-corrected chi connectivity index (χ2v) is 12.6. The lowest BCUT2D eigenvalue weighted by atomic mass is 9.82. The summed E-state index contributed by atoms with van der Waals surface area (Å²) in [6, 6.07) is 11.1. The first-order chi connectivity index (χ1) is 19.9. The second kappa shape index (κ2) is 10.8. The highest BCUT2D eigenvalue weighted by atomic mass is 35.5. The topological polar surface area (TPSA) is 130 Å². The van der Waals surface area contributed by atoms with Crippen molar-refractivity contribution in [3.63, 3.8) is 0 Å². The van der Waals surface area contributed by atoms with Gasteiger partial charge in [0.25, 0.3) is 15.9 Å². The van der Waals surface area contributed by atoms with Crippen LogP contribution in [0.25, 0.3) is 0 Å². The van der Waals surface area contributed by atoms with E-state index < -0.39 is 33.6 Å². The molecule has 5 rings (SSSR count). The van der Waals surface area contributed by atoms with Gasteiger partial charge in [-0.25, -0.2) is 12.7 Å². The third kappa shape index (κ3) is 4.41. The molecular weight excluding hydrogens is 584 g/mol. The van der Waals surface area contributed by atoms with E-state index in [1.807, 2.05) is 0 Å². The number of fused-ring (bicyclic) bond motifs is 1. The van der Waals surface area contributed by atoms with Gasteiger partial charge in [-0.3, -0.25) is 19.5 Å². The number of benzene rings is 2. The minimum Gasteiger partial charge on any atom is -0.497 e. The number of hydrogen-bond acceptors (Lipinski definition) is 9. The summed E-state index contributed by atoms with van der Waals surface area (Å²) in [7, 11) is 1.29. The van der Waals surface area contributed by atoms with E-state index in [-0.39, 0.29) is 51.5 Å². The van der Waals surface area contributed by atoms with Gasteiger partial charge in [-0.1, -0.05) is 17.7 Å². The van der Waals surface area contributed by atoms with E-state index in [4.69, 9.17) is 21.1 Å². The molecule has 11 nitrogen and oxygen atoms in total. The largest absolute Gasteiger partial charge is 0.497 e. The number of aliphatic hydroxyl groups is 1. The lowest BCUT2D eigenvalue weighted by Crippen LogP contribution is -2.59. The van der Waals surface area contributed by atoms with Crippen LogP contribution in [0.3, 0.4) is 0 Å². The van der Waals surface area contributed by atoms with E-state index in [2.05, 4.69) is 4.98 Å². The maximum Gasteiger partial charge on any atom is 0.274 e. The Morgan fingerprint density at radius 2 is 1.88 bits per heavy atom. The lowest BCUT2D eigenvalue weighted by molar-refractivity contribution is -0.138. The number of anilines is 1. The first-order valence-corrected chi connectivity index (χ1v) is 14.9. The van der Waals surface area contributed by atoms with E-state index in [9.17, 15) is 18.3 Å². The summed E-state index contributed by atoms with van der Waals surface area (Å²) in [5.74, 6) is -0.902. The van der Waals surface area contributed by atoms with E-state index in [0.29, 0.717) is 11.3 Å². The quantitative estimate of drug-likeness (QED) is 0.427. The fraction of sp³-hybridized carbons (Fsp3) is 0.345. The SMILES string of the molecule is COc1ccc(S(=O)(=O)N2C(=O)C(c3ncccc3C)(N3C[C@H](O)C[C@H]3C(=O)N(C)C)c3cc(Cl)ccc32)c(OC)c1. The Labute approximate surface area is 249 Å². The number of likely N-dealkylation sites (tertiary alicyclic amines) is 1. The predicted molar refractivity (Wildman–Crippen MR) is 155 cm³/mol. The van der Waals surface area contributed by atoms with E-state index in [1.54, 1.807) is 38.1 Å². The highest BCUT2D eigenvalue weighted by Crippen LogP contribution is 2.53. The number of ether oxygens (including phenoxy) is 2. The van der Waals surface area contributed by atoms with Crippen LogP contribution in [0.15, 0.2) is 59.6 Å². The van der Waals surface area contributed by atoms with Crippen LogP contribution in [0.5, 0.6) is 11.5 Å². The summed E-state index contributed by atoms with van der Waals surface area (Å²) in [5.41, 5.74) is -0.848. The smallest absolute Gasteiger partial charge is 0.274 e. The van der Waals surface area contributed by atoms with Crippen LogP contribution in [0.4, 0.5) is 5.69 Å². The Kier molecular flexibility index (Phi) is 7.69. The average molecular weight is 615 g/mol. The number of aromatic nitrogens is 1. The number of aliphatic hydroxyl groups excluding tert-OH is 1. The van der Waals surface area contributed by atoms with Crippen molar-refractivity contribution in [3.05, 3.63) is 76.6 Å². The number of carbonyl (C=O) groups excluding carboxylic acids is 2. The number of nitrogens with zero attached hydrogens (tertiary/aromatic N) is 4. The molecular formula is C29H31ClN4O7S. The summed E-state index contributed by atoms with van der Waals surface area (Å²) >= 11 is 6.49. The number of sulfonamides is 1. The highest BCUT2D eigenvalue weighted by molar-refractivity contribution is 7.93. The van der Waals surface area contributed by atoms with Crippen LogP contribution in [0, 0.1) is 6.92 Å². The van der Waals surface area contributed by atoms with Gasteiger partial charge >= 0.3 is 0 Å². The molecule has 2 aromatic carbocycles. The Hall–Kier alpha value is -3.71. The zero-order chi connectivity index (χ0) is 30.6. The molecule has 2 aliphatic heterocycles. The number of halogens is 1. The minimum absolute atomic E-state index is 0.0264. The molecule has 1 N–H and O–H groups in total. The third-order valence-corrected chi connectivity index (χ3v) is 9.71. The molecule has 222 valence electrons. The number of β-amino-alcohol motifs (C(OH)–C–C–N with tert-alkyl or cyclic N) is 1. The van der Waals surface area contributed by atoms with Gasteiger partial charge in [0.15, 0.2) is 5.54 Å². The Morgan fingerprint density at radius 1 is 1.14 bits per heavy atom. The maximum absolute atomic E-state index is 15.1. The molecule has 0 radical (unpaired) electrons. The van der Waals surface area contributed by atoms with Crippen molar-refractivity contribution >= 4 is 39.1 Å². The van der Waals surface area contributed by atoms with Crippen molar-refractivity contribution in [2.75, 3.05) is 39.2 Å². The summed E-state index contributed by atoms with van der Waals surface area (Å²) in [4.78, 5) is 35.8. The number of rotatable bonds is 7. The fourth-order valence-electron chi connectivity index (χ4n) is 5.90. The van der Waals surface area contributed by atoms with Gasteiger partial charge in [0.2, 0.25) is 5.91 Å². The van der Waals surface area contributed by atoms with Crippen molar-refractivity contribution in [3.8, 4) is 11.5 Å². The molecule has 1 aromatic heterocycles. The number of pyridine rings is 1. The minimum atomic E-state index is -4.62. The van der Waals surface area contributed by atoms with Crippen LogP contribution in [0.2, 0.25) is 5.02 Å². The normalized spacial score (nSPS) is 22.3. The van der Waals surface area contributed by atoms with E-state index >= 15 is 4.79 Å². The first-order valence-electron chi connectivity index (χ1n) is 13.1. The number of amides is 2. The summed E-state index contributed by atoms with van der Waals surface area (Å²) in [5, 5.41) is 11.1. The molecule has 42 heavy (non-hydrogen) atoms. The molecule has 1 saturated heterocycles. The number of hydrogen-bond donors (Lipinski definition) is 1. The van der Waals surface area contributed by atoms with Gasteiger partial charge in [-0.15, -0.1) is 0 Å². The van der Waals surface area contributed by atoms with Gasteiger partial charge < -0.3 is 19.5 Å². The molecule has 0 spiro atoms. The molecule has 3 heterocycles. The standard InChI is InChI=1S/C29H31ClN4O7S/c1-17-7-6-12-31-26(17)29(33-16-19(35)14-23(33)27(36)32(2)3)21-13-18(30)8-10-22(21)34(28(29)37)42(38,39)25-11-9-20(40-4)15-24(25)41-5/h6-13,15,19,23,35H,14,16H2,1-5H3/t19-,23+,29?/m1/s1. The zero-order valence-electron chi connectivity index (χ0n) is 23.7. The van der Waals surface area contributed by atoms with Crippen molar-refractivity contribution in [2.45, 2.75) is 35.9 Å². The summed E-state index contributed by atoms with van der Waals surface area (Å²) in [6.45, 7) is 1.65. The average Bonchev–Trinajstić information content (AvgIpc) is 3.47. The van der Waals surface area contributed by atoms with Crippen LogP contribution in [-0.4, -0.2) is 87.1 Å². The molecule has 0 saturated carbocycles. The monoisotopic (exact) mass is 614 g/mol. The van der Waals surface area contributed by atoms with E-state index in [1.165, 1.54) is 61.7 Å². The van der Waals surface area contributed by atoms with Crippen molar-refractivity contribution in [2.24, 2.45) is 0 Å². The Balaban J connectivity index is 1.85. The van der Waals surface area contributed by atoms with Crippen molar-refractivity contribution in [1.29, 1.82) is 0 Å². The number of aryl methyl sites for hydroxylation is 1. The molecule has 3 atom stereocenters. The molecule has 2 amide bonds. The molecule has 1 unspecified atom stereocenters. The number of carbonyl (C=O) groups is 2. The van der Waals surface area contributed by atoms with Crippen LogP contribution in [0.1, 0.15) is 23.2 Å². The molecule has 3 aromatic rings. The lowest BCUT2D eigenvalue weighted by Gasteiger charge is -2.41. The van der Waals surface area contributed by atoms with Crippen LogP contribution in [-0.2, 0) is 25.2 Å². The predicted octanol–water partition coefficient (Wildman–Crippen LogP) is 2.56. The number of methoxy groups -OCH3 is 2. The van der Waals surface area contributed by atoms with Gasteiger partial charge in [0, 0.05) is 43.5 Å². The molecule has 0 aliphatic carbocycles. The second-order valence-electron chi connectivity index (χ2n) is 10.4. The van der Waals surface area contributed by atoms with Crippen LogP contribution >= 0.6 is 11.6 Å². The van der Waals surface area contributed by atoms with Gasteiger partial charge in [0.1, 0.15) is 16.4 Å². The fourth-order valence-corrected chi connectivity index (χ4v) is 7.67. The van der Waals surface area contributed by atoms with Gasteiger partial charge in [-0.05, 0) is 55.3 Å². The van der Waals surface area contributed by atoms with Crippen molar-refractivity contribution < 1.29 is 32.6 Å². The summed E-state index contributed by atoms with van der Waals surface area (Å²) in [6.07, 6.45) is 0.565.